The van der Waals surface area contributed by atoms with Crippen LogP contribution in [0.25, 0.3) is 10.9 Å². The van der Waals surface area contributed by atoms with Gasteiger partial charge in [0.25, 0.3) is 11.8 Å². The lowest BCUT2D eigenvalue weighted by molar-refractivity contribution is -0.123. The number of fused-ring (bicyclic) bond motifs is 1. The Morgan fingerprint density at radius 1 is 1.19 bits per heavy atom. The molecule has 3 aromatic rings. The van der Waals surface area contributed by atoms with Crippen LogP contribution in [0, 0.1) is 10.5 Å². The van der Waals surface area contributed by atoms with Crippen LogP contribution >= 0.6 is 34.2 Å². The number of halogens is 2. The van der Waals surface area contributed by atoms with Gasteiger partial charge in [0, 0.05) is 17.1 Å². The number of carbonyl (C=O) groups excluding carboxylic acids is 2. The van der Waals surface area contributed by atoms with E-state index in [1.165, 1.54) is 0 Å². The van der Waals surface area contributed by atoms with Crippen LogP contribution in [0.1, 0.15) is 15.9 Å². The number of rotatable bonds is 4. The highest BCUT2D eigenvalue weighted by Crippen LogP contribution is 2.34. The van der Waals surface area contributed by atoms with Crippen molar-refractivity contribution in [3.05, 3.63) is 68.4 Å². The molecule has 0 aliphatic heterocycles. The van der Waals surface area contributed by atoms with Crippen molar-refractivity contribution in [3.63, 3.8) is 0 Å². The van der Waals surface area contributed by atoms with Crippen LogP contribution in [0.15, 0.2) is 48.7 Å². The van der Waals surface area contributed by atoms with Crippen molar-refractivity contribution in [2.24, 2.45) is 0 Å². The lowest BCUT2D eigenvalue weighted by Gasteiger charge is -2.12. The molecule has 0 radical (unpaired) electrons. The number of pyridine rings is 1. The molecule has 27 heavy (non-hydrogen) atoms. The summed E-state index contributed by atoms with van der Waals surface area (Å²) in [7, 11) is 0. The van der Waals surface area contributed by atoms with Crippen molar-refractivity contribution in [1.29, 1.82) is 0 Å². The van der Waals surface area contributed by atoms with E-state index in [4.69, 9.17) is 16.3 Å². The number of hydrogen-bond donors (Lipinski definition) is 2. The Hall–Kier alpha value is -2.39. The predicted molar refractivity (Wildman–Crippen MR) is 112 cm³/mol. The number of benzene rings is 2. The van der Waals surface area contributed by atoms with Crippen molar-refractivity contribution < 1.29 is 14.3 Å². The third-order valence-electron chi connectivity index (χ3n) is 3.73. The molecular formula is C19H15ClIN3O3. The highest BCUT2D eigenvalue weighted by molar-refractivity contribution is 14.1. The Labute approximate surface area is 174 Å². The van der Waals surface area contributed by atoms with Crippen molar-refractivity contribution in [3.8, 4) is 5.75 Å². The summed E-state index contributed by atoms with van der Waals surface area (Å²) < 4.78 is 6.36. The van der Waals surface area contributed by atoms with Crippen LogP contribution in [0.2, 0.25) is 5.02 Å². The van der Waals surface area contributed by atoms with Gasteiger partial charge in [-0.05, 0) is 59.8 Å². The van der Waals surface area contributed by atoms with Gasteiger partial charge >= 0.3 is 0 Å². The van der Waals surface area contributed by atoms with E-state index in [0.29, 0.717) is 21.9 Å². The third kappa shape index (κ3) is 4.67. The Kier molecular flexibility index (Phi) is 6.12. The summed E-state index contributed by atoms with van der Waals surface area (Å²) in [5.74, 6) is -0.433. The fourth-order valence-corrected chi connectivity index (χ4v) is 3.53. The third-order valence-corrected chi connectivity index (χ3v) is 4.84. The van der Waals surface area contributed by atoms with Gasteiger partial charge < -0.3 is 4.74 Å². The minimum absolute atomic E-state index is 0.280. The van der Waals surface area contributed by atoms with Crippen LogP contribution in [0.3, 0.4) is 0 Å². The Morgan fingerprint density at radius 3 is 2.67 bits per heavy atom. The maximum Gasteiger partial charge on any atom is 0.276 e. The molecule has 0 aliphatic carbocycles. The zero-order valence-corrected chi connectivity index (χ0v) is 17.2. The molecule has 2 N–H and O–H groups in total. The van der Waals surface area contributed by atoms with Crippen molar-refractivity contribution in [2.75, 3.05) is 6.61 Å². The minimum Gasteiger partial charge on any atom is -0.480 e. The number of hydrogen-bond acceptors (Lipinski definition) is 4. The first kappa shape index (κ1) is 19.4. The predicted octanol–water partition coefficient (Wildman–Crippen LogP) is 3.64. The van der Waals surface area contributed by atoms with Gasteiger partial charge in [0.2, 0.25) is 0 Å². The standard InChI is InChI=1S/C19H15ClIN3O3/c1-11-4-6-12(7-5-11)19(26)24-23-16(25)10-27-18-15(21)9-14(20)13-3-2-8-22-17(13)18/h2-9H,10H2,1H3,(H,23,25)(H,24,26). The molecule has 1 aromatic heterocycles. The summed E-state index contributed by atoms with van der Waals surface area (Å²) in [4.78, 5) is 28.3. The molecule has 8 heteroatoms. The van der Waals surface area contributed by atoms with E-state index in [-0.39, 0.29) is 6.61 Å². The second kappa shape index (κ2) is 8.53. The molecule has 1 heterocycles. The first-order chi connectivity index (χ1) is 13.0. The number of ether oxygens (including phenoxy) is 1. The van der Waals surface area contributed by atoms with Gasteiger partial charge in [0.05, 0.1) is 8.59 Å². The van der Waals surface area contributed by atoms with Gasteiger partial charge in [0.15, 0.2) is 12.4 Å². The zero-order valence-electron chi connectivity index (χ0n) is 14.3. The van der Waals surface area contributed by atoms with Crippen LogP contribution in [-0.4, -0.2) is 23.4 Å². The van der Waals surface area contributed by atoms with E-state index >= 15 is 0 Å². The molecule has 2 aromatic carbocycles. The average molecular weight is 496 g/mol. The molecule has 0 spiro atoms. The van der Waals surface area contributed by atoms with Gasteiger partial charge in [-0.3, -0.25) is 25.4 Å². The van der Waals surface area contributed by atoms with Gasteiger partial charge in [0.1, 0.15) is 5.52 Å². The van der Waals surface area contributed by atoms with E-state index in [2.05, 4.69) is 38.4 Å². The molecule has 0 fully saturated rings. The molecule has 0 aliphatic rings. The highest BCUT2D eigenvalue weighted by atomic mass is 127. The van der Waals surface area contributed by atoms with Crippen LogP contribution in [0.5, 0.6) is 5.75 Å². The van der Waals surface area contributed by atoms with Crippen molar-refractivity contribution in [1.82, 2.24) is 15.8 Å². The number of aryl methyl sites for hydroxylation is 1. The maximum absolute atomic E-state index is 12.0. The molecule has 6 nitrogen and oxygen atoms in total. The summed E-state index contributed by atoms with van der Waals surface area (Å²) >= 11 is 8.29. The molecular weight excluding hydrogens is 481 g/mol. The lowest BCUT2D eigenvalue weighted by atomic mass is 10.1. The van der Waals surface area contributed by atoms with Crippen LogP contribution in [0.4, 0.5) is 0 Å². The number of hydrazine groups is 1. The topological polar surface area (TPSA) is 80.3 Å². The number of amides is 2. The summed E-state index contributed by atoms with van der Waals surface area (Å²) in [6.45, 7) is 1.65. The SMILES string of the molecule is Cc1ccc(C(=O)NNC(=O)COc2c(I)cc(Cl)c3cccnc23)cc1. The normalized spacial score (nSPS) is 10.5. The summed E-state index contributed by atoms with van der Waals surface area (Å²) in [5, 5.41) is 1.30. The van der Waals surface area contributed by atoms with Gasteiger partial charge in [-0.15, -0.1) is 0 Å². The fourth-order valence-electron chi connectivity index (χ4n) is 2.36. The lowest BCUT2D eigenvalue weighted by Crippen LogP contribution is -2.43. The Morgan fingerprint density at radius 2 is 1.93 bits per heavy atom. The first-order valence-corrected chi connectivity index (χ1v) is 9.43. The highest BCUT2D eigenvalue weighted by Gasteiger charge is 2.14. The molecule has 0 unspecified atom stereocenters. The van der Waals surface area contributed by atoms with Crippen LogP contribution in [-0.2, 0) is 4.79 Å². The maximum atomic E-state index is 12.0. The molecule has 0 saturated heterocycles. The molecule has 0 saturated carbocycles. The summed E-state index contributed by atoms with van der Waals surface area (Å²) in [5.41, 5.74) is 6.76. The zero-order chi connectivity index (χ0) is 19.4. The number of nitrogens with zero attached hydrogens (tertiary/aromatic N) is 1. The number of carbonyl (C=O) groups is 2. The molecule has 3 rings (SSSR count). The first-order valence-electron chi connectivity index (χ1n) is 7.97. The van der Waals surface area contributed by atoms with E-state index in [0.717, 1.165) is 14.5 Å². The number of nitrogens with one attached hydrogen (secondary N) is 2. The molecule has 138 valence electrons. The summed E-state index contributed by atoms with van der Waals surface area (Å²) in [6, 6.07) is 12.4. The van der Waals surface area contributed by atoms with Crippen LogP contribution < -0.4 is 15.6 Å². The molecule has 0 bridgehead atoms. The van der Waals surface area contributed by atoms with Gasteiger partial charge in [-0.2, -0.15) is 0 Å². The molecule has 2 amide bonds. The average Bonchev–Trinajstić information content (AvgIpc) is 2.66. The quantitative estimate of drug-likeness (QED) is 0.428. The fraction of sp³-hybridized carbons (Fsp3) is 0.105. The van der Waals surface area contributed by atoms with Crippen molar-refractivity contribution >= 4 is 56.9 Å². The van der Waals surface area contributed by atoms with E-state index in [1.807, 2.05) is 25.1 Å². The largest absolute Gasteiger partial charge is 0.480 e. The molecule has 0 atom stereocenters. The van der Waals surface area contributed by atoms with Crippen molar-refractivity contribution in [2.45, 2.75) is 6.92 Å². The summed E-state index contributed by atoms with van der Waals surface area (Å²) in [6.07, 6.45) is 1.63. The second-order valence-electron chi connectivity index (χ2n) is 5.73. The monoisotopic (exact) mass is 495 g/mol. The smallest absolute Gasteiger partial charge is 0.276 e. The number of aromatic nitrogens is 1. The van der Waals surface area contributed by atoms with E-state index < -0.39 is 11.8 Å². The Bertz CT molecular complexity index is 1010. The van der Waals surface area contributed by atoms with E-state index in [9.17, 15) is 9.59 Å². The van der Waals surface area contributed by atoms with E-state index in [1.54, 1.807) is 30.5 Å². The van der Waals surface area contributed by atoms with Gasteiger partial charge in [-0.25, -0.2) is 0 Å². The Balaban J connectivity index is 1.62. The second-order valence-corrected chi connectivity index (χ2v) is 7.30. The minimum atomic E-state index is -0.495. The van der Waals surface area contributed by atoms with Gasteiger partial charge in [-0.1, -0.05) is 29.3 Å².